The van der Waals surface area contributed by atoms with E-state index in [-0.39, 0.29) is 63.7 Å². The zero-order chi connectivity index (χ0) is 80.3. The van der Waals surface area contributed by atoms with Crippen molar-refractivity contribution in [3.8, 4) is 0 Å². The molecule has 0 unspecified atom stereocenters. The monoisotopic (exact) mass is 1620 g/mol. The molecule has 0 spiro atoms. The average Bonchev–Trinajstić information content (AvgIpc) is 1.58. The van der Waals surface area contributed by atoms with Crippen molar-refractivity contribution >= 4 is 123 Å². The van der Waals surface area contributed by atoms with Crippen molar-refractivity contribution in [1.82, 2.24) is 63.7 Å². The Labute approximate surface area is 707 Å². The summed E-state index contributed by atoms with van der Waals surface area (Å²) in [5.74, 6) is -4.13. The molecule has 0 bridgehead atoms. The number of ketones is 2. The van der Waals surface area contributed by atoms with E-state index in [2.05, 4.69) is 84.2 Å². The number of amides is 3. The SMILES string of the molecule is BrCc1cccnc1.C1CCOC1.CC(C)(C)[O-].CN(C)CCCn1nc(C2=C(c3cn(Cc4cccnc4)c4ccccc34)C(=O)NC2=O)c2ccccc21.CN(C)CCCn1nc(CC(N)=O)c2ccccc21.COC(=O)C(=O)c1c[nH]c2ccccc12.COC(=O)C(=O)c1cn(Cc2cccnc2)c2ccccc12.[K+]. The fraction of sp³-hybridized carbons (Fsp3) is 0.279. The zero-order valence-electron chi connectivity index (χ0n) is 65.5. The number of fused-ring (bicyclic) bond motifs is 5. The number of aryl methyl sites for hydroxylation is 2. The van der Waals surface area contributed by atoms with Gasteiger partial charge in [0.2, 0.25) is 5.91 Å². The normalized spacial score (nSPS) is 12.2. The number of nitrogens with one attached hydrogen (secondary N) is 2. The van der Waals surface area contributed by atoms with Crippen LogP contribution in [0.2, 0.25) is 0 Å². The van der Waals surface area contributed by atoms with Gasteiger partial charge in [0.15, 0.2) is 0 Å². The predicted molar refractivity (Wildman–Crippen MR) is 437 cm³/mol. The van der Waals surface area contributed by atoms with Crippen LogP contribution in [0.4, 0.5) is 0 Å². The number of esters is 2. The minimum Gasteiger partial charge on any atom is -0.850 e. The van der Waals surface area contributed by atoms with Crippen LogP contribution < -0.4 is 67.5 Å². The van der Waals surface area contributed by atoms with Gasteiger partial charge in [-0.05, 0) is 132 Å². The Morgan fingerprint density at radius 3 is 1.49 bits per heavy atom. The second kappa shape index (κ2) is 43.7. The maximum absolute atomic E-state index is 13.3. The first-order valence-electron chi connectivity index (χ1n) is 36.5. The smallest absolute Gasteiger partial charge is 0.850 e. The van der Waals surface area contributed by atoms with E-state index in [9.17, 15) is 38.7 Å². The minimum absolute atomic E-state index is 0. The first-order chi connectivity index (χ1) is 54.0. The Morgan fingerprint density at radius 2 is 1.00 bits per heavy atom. The van der Waals surface area contributed by atoms with Crippen LogP contribution >= 0.6 is 15.9 Å². The molecule has 8 aromatic heterocycles. The van der Waals surface area contributed by atoms with Gasteiger partial charge < -0.3 is 49.0 Å². The van der Waals surface area contributed by atoms with Crippen LogP contribution in [-0.4, -0.2) is 174 Å². The molecule has 0 radical (unpaired) electrons. The number of hydrogen-bond donors (Lipinski definition) is 3. The standard InChI is InChI=1S/C30H28N6O2.C17H14N2O3.C14H20N4O.C11H9NO3.C6H6BrN.C4H8O.C4H9O.K/c1-34(2)15-8-16-36-25-13-6-4-11-22(25)28(33-36)27-26(29(37)32-30(27)38)23-19-35(18-20-9-7-14-31-17-20)24-12-5-3-10-21(23)24;1-22-17(21)16(20)14-11-19(10-12-5-4-8-18-9-12)15-7-3-2-6-13(14)15;1-17(2)8-5-9-18-13-7-4-3-6-11(13)12(16-18)10-14(15)19;1-15-11(14)10(13)8-6-12-9-5-3-2-4-7(8)9;7-4-6-2-1-3-8-5-6;1-2-4-5-3-1;1-4(2,3)5;/h3-7,9-14,17,19H,8,15-16,18H2,1-2H3,(H,32,37,38);2-9,11H,10H2,1H3;3-4,6-7H,5,8-10H2,1-2H3,(H2,15,19);2-6,12H,1H3;1-3,5H,4H2;1-4H2;1-3H3;/q;;;;;;-1;+1. The number of methoxy groups -OCH3 is 2. The molecule has 1 saturated heterocycles. The summed E-state index contributed by atoms with van der Waals surface area (Å²) in [6.07, 6.45) is 20.5. The zero-order valence-corrected chi connectivity index (χ0v) is 70.2. The molecule has 10 heterocycles. The van der Waals surface area contributed by atoms with Crippen molar-refractivity contribution in [2.45, 2.75) is 90.0 Å². The van der Waals surface area contributed by atoms with Gasteiger partial charge in [-0.2, -0.15) is 10.2 Å². The van der Waals surface area contributed by atoms with E-state index in [1.54, 1.807) is 57.8 Å². The summed E-state index contributed by atoms with van der Waals surface area (Å²) >= 11 is 3.32. The number of primary amides is 1. The summed E-state index contributed by atoms with van der Waals surface area (Å²) < 4.78 is 21.8. The molecule has 13 aromatic rings. The molecule has 2 aliphatic rings. The van der Waals surface area contributed by atoms with Crippen LogP contribution in [0.25, 0.3) is 65.7 Å². The number of carbonyl (C=O) groups excluding carboxylic acids is 7. The van der Waals surface area contributed by atoms with Gasteiger partial charge in [0.25, 0.3) is 23.4 Å². The molecule has 5 aromatic carbocycles. The molecule has 25 nitrogen and oxygen atoms in total. The van der Waals surface area contributed by atoms with E-state index in [0.717, 1.165) is 122 Å². The fourth-order valence-corrected chi connectivity index (χ4v) is 12.7. The number of benzene rings is 5. The molecule has 2 aliphatic heterocycles. The molecular weight excluding hydrogens is 1520 g/mol. The number of aromatic nitrogens is 10. The van der Waals surface area contributed by atoms with Gasteiger partial charge in [-0.15, -0.1) is 5.60 Å². The number of hydrogen-bond acceptors (Lipinski definition) is 18. The molecule has 113 heavy (non-hydrogen) atoms. The molecule has 3 amide bonds. The number of pyridine rings is 3. The molecule has 4 N–H and O–H groups in total. The summed E-state index contributed by atoms with van der Waals surface area (Å²) in [6.45, 7) is 11.6. The molecule has 0 aliphatic carbocycles. The number of halogens is 1. The van der Waals surface area contributed by atoms with E-state index in [1.165, 1.54) is 38.8 Å². The average molecular weight is 1620 g/mol. The first-order valence-corrected chi connectivity index (χ1v) is 37.6. The number of rotatable bonds is 21. The Balaban J connectivity index is 0.000000183. The molecule has 27 heteroatoms. The minimum atomic E-state index is -0.857. The van der Waals surface area contributed by atoms with Crippen LogP contribution in [0.15, 0.2) is 213 Å². The number of nitrogens with two attached hydrogens (primary N) is 1. The van der Waals surface area contributed by atoms with Gasteiger partial charge in [0.05, 0.1) is 59.6 Å². The summed E-state index contributed by atoms with van der Waals surface area (Å²) in [4.78, 5) is 103. The van der Waals surface area contributed by atoms with Gasteiger partial charge in [-0.3, -0.25) is 53.6 Å². The predicted octanol–water partition coefficient (Wildman–Crippen LogP) is 8.86. The third-order valence-electron chi connectivity index (χ3n) is 17.4. The van der Waals surface area contributed by atoms with E-state index in [4.69, 9.17) is 15.6 Å². The molecule has 1 fully saturated rings. The van der Waals surface area contributed by atoms with Crippen molar-refractivity contribution in [2.24, 2.45) is 5.73 Å². The van der Waals surface area contributed by atoms with E-state index >= 15 is 0 Å². The largest absolute Gasteiger partial charge is 1.00 e. The number of ether oxygens (including phenoxy) is 3. The van der Waals surface area contributed by atoms with Crippen molar-refractivity contribution in [3.63, 3.8) is 0 Å². The first kappa shape index (κ1) is 88.3. The summed E-state index contributed by atoms with van der Waals surface area (Å²) in [5.41, 5.74) is 15.9. The summed E-state index contributed by atoms with van der Waals surface area (Å²) in [5, 5.41) is 27.2. The van der Waals surface area contributed by atoms with Crippen molar-refractivity contribution in [2.75, 3.05) is 68.7 Å². The number of carbonyl (C=O) groups is 7. The number of aromatic amines is 1. The Bertz CT molecular complexity index is 5360. The molecular formula is C86H94BrKN14O11. The maximum Gasteiger partial charge on any atom is 1.00 e. The summed E-state index contributed by atoms with van der Waals surface area (Å²) in [6, 6.07) is 50.3. The number of alkyl halides is 1. The number of Topliss-reactive ketones (excluding diaryl/α,β-unsaturated/α-hetero) is 2. The topological polar surface area (TPSA) is 315 Å². The van der Waals surface area contributed by atoms with E-state index < -0.39 is 40.9 Å². The van der Waals surface area contributed by atoms with Crippen LogP contribution in [0, 0.1) is 0 Å². The van der Waals surface area contributed by atoms with Crippen molar-refractivity contribution in [1.29, 1.82) is 0 Å². The van der Waals surface area contributed by atoms with Crippen LogP contribution in [0.5, 0.6) is 0 Å². The molecule has 582 valence electrons. The second-order valence-corrected chi connectivity index (χ2v) is 28.2. The van der Waals surface area contributed by atoms with Crippen LogP contribution in [-0.2, 0) is 76.1 Å². The van der Waals surface area contributed by atoms with Gasteiger partial charge in [-0.1, -0.05) is 146 Å². The van der Waals surface area contributed by atoms with Crippen LogP contribution in [0.3, 0.4) is 0 Å². The van der Waals surface area contributed by atoms with Gasteiger partial charge in [-0.25, -0.2) is 9.59 Å². The van der Waals surface area contributed by atoms with Crippen molar-refractivity contribution in [3.05, 3.63) is 258 Å². The number of H-pyrrole nitrogens is 1. The number of nitrogens with zero attached hydrogens (tertiary/aromatic N) is 11. The third kappa shape index (κ3) is 25.1. The second-order valence-electron chi connectivity index (χ2n) is 27.7. The van der Waals surface area contributed by atoms with Crippen molar-refractivity contribution < 1.29 is 104 Å². The molecule has 0 atom stereocenters. The third-order valence-corrected chi connectivity index (χ3v) is 18.0. The maximum atomic E-state index is 13.3. The Morgan fingerprint density at radius 1 is 0.558 bits per heavy atom. The Hall–Kier alpha value is -10.3. The molecule has 0 saturated carbocycles. The quantitative estimate of drug-likeness (QED) is 0.0151. The van der Waals surface area contributed by atoms with E-state index in [1.807, 2.05) is 198 Å². The summed E-state index contributed by atoms with van der Waals surface area (Å²) in [7, 11) is 10.6. The Kier molecular flexibility index (Phi) is 34.1. The number of para-hydroxylation sites is 5. The fourth-order valence-electron chi connectivity index (χ4n) is 12.3. The van der Waals surface area contributed by atoms with Gasteiger partial charge in [0, 0.05) is 150 Å². The number of imide groups is 1. The van der Waals surface area contributed by atoms with Gasteiger partial charge >= 0.3 is 63.3 Å². The van der Waals surface area contributed by atoms with Gasteiger partial charge in [0.1, 0.15) is 5.69 Å². The van der Waals surface area contributed by atoms with Crippen LogP contribution in [0.1, 0.15) is 101 Å². The molecule has 15 rings (SSSR count). The van der Waals surface area contributed by atoms with E-state index in [0.29, 0.717) is 53.2 Å².